The van der Waals surface area contributed by atoms with Gasteiger partial charge in [0.25, 0.3) is 0 Å². The average molecular weight is 265 g/mol. The van der Waals surface area contributed by atoms with Crippen LogP contribution in [0.15, 0.2) is 6.20 Å². The first-order valence-electron chi connectivity index (χ1n) is 7.47. The molecule has 0 atom stereocenters. The minimum absolute atomic E-state index is 0.180. The summed E-state index contributed by atoms with van der Waals surface area (Å²) < 4.78 is 1.92. The second-order valence-electron chi connectivity index (χ2n) is 5.92. The molecule has 108 valence electrons. The number of rotatable bonds is 5. The molecule has 0 spiro atoms. The Morgan fingerprint density at radius 1 is 1.32 bits per heavy atom. The Hall–Kier alpha value is -0.870. The Bertz CT molecular complexity index is 400. The summed E-state index contributed by atoms with van der Waals surface area (Å²) in [5, 5.41) is 14.1. The van der Waals surface area contributed by atoms with Crippen LogP contribution in [-0.2, 0) is 20.0 Å². The molecule has 1 saturated heterocycles. The molecule has 2 heterocycles. The largest absolute Gasteiger partial charge is 0.396 e. The smallest absolute Gasteiger partial charge is 0.0666 e. The predicted molar refractivity (Wildman–Crippen MR) is 76.9 cm³/mol. The molecule has 1 fully saturated rings. The van der Waals surface area contributed by atoms with Crippen LogP contribution in [0.1, 0.15) is 44.4 Å². The lowest BCUT2D eigenvalue weighted by Crippen LogP contribution is -2.41. The first-order valence-corrected chi connectivity index (χ1v) is 7.47. The van der Waals surface area contributed by atoms with Crippen LogP contribution in [-0.4, -0.2) is 39.5 Å². The minimum Gasteiger partial charge on any atom is -0.396 e. The minimum atomic E-state index is 0.180. The molecule has 0 bridgehead atoms. The lowest BCUT2D eigenvalue weighted by Gasteiger charge is -2.40. The van der Waals surface area contributed by atoms with E-state index in [0.29, 0.717) is 6.61 Å². The highest BCUT2D eigenvalue weighted by Crippen LogP contribution is 2.34. The van der Waals surface area contributed by atoms with Gasteiger partial charge in [0.15, 0.2) is 0 Å². The number of hydrogen-bond donors (Lipinski definition) is 1. The molecule has 19 heavy (non-hydrogen) atoms. The second kappa shape index (κ2) is 6.06. The summed E-state index contributed by atoms with van der Waals surface area (Å²) in [6.45, 7) is 7.88. The van der Waals surface area contributed by atoms with E-state index in [-0.39, 0.29) is 5.41 Å². The fourth-order valence-electron chi connectivity index (χ4n) is 3.06. The number of aliphatic hydroxyl groups excluding tert-OH is 1. The number of hydrogen-bond acceptors (Lipinski definition) is 3. The van der Waals surface area contributed by atoms with Gasteiger partial charge in [0.2, 0.25) is 0 Å². The normalized spacial score (nSPS) is 19.8. The van der Waals surface area contributed by atoms with E-state index in [2.05, 4.69) is 30.0 Å². The van der Waals surface area contributed by atoms with Gasteiger partial charge in [-0.3, -0.25) is 9.58 Å². The first-order chi connectivity index (χ1) is 9.12. The summed E-state index contributed by atoms with van der Waals surface area (Å²) in [5.41, 5.74) is 2.76. The number of aryl methyl sites for hydroxylation is 2. The van der Waals surface area contributed by atoms with Gasteiger partial charge in [0, 0.05) is 32.0 Å². The highest BCUT2D eigenvalue weighted by atomic mass is 16.3. The lowest BCUT2D eigenvalue weighted by atomic mass is 9.77. The van der Waals surface area contributed by atoms with Crippen LogP contribution < -0.4 is 0 Å². The first kappa shape index (κ1) is 14.5. The van der Waals surface area contributed by atoms with Crippen molar-refractivity contribution >= 4 is 0 Å². The number of likely N-dealkylation sites (tertiary alicyclic amines) is 1. The lowest BCUT2D eigenvalue weighted by molar-refractivity contribution is 0.0381. The number of aromatic nitrogens is 2. The summed E-state index contributed by atoms with van der Waals surface area (Å²) in [7, 11) is 1.99. The Balaban J connectivity index is 1.95. The molecule has 0 radical (unpaired) electrons. The van der Waals surface area contributed by atoms with E-state index >= 15 is 0 Å². The van der Waals surface area contributed by atoms with Gasteiger partial charge >= 0.3 is 0 Å². The molecule has 2 rings (SSSR count). The monoisotopic (exact) mass is 265 g/mol. The molecular formula is C15H27N3O. The van der Waals surface area contributed by atoms with Gasteiger partial charge in [-0.2, -0.15) is 5.10 Å². The molecule has 1 aromatic heterocycles. The maximum Gasteiger partial charge on any atom is 0.0666 e. The summed E-state index contributed by atoms with van der Waals surface area (Å²) in [6.07, 6.45) is 6.46. The zero-order chi connectivity index (χ0) is 13.9. The van der Waals surface area contributed by atoms with Gasteiger partial charge in [-0.25, -0.2) is 0 Å². The third-order valence-electron chi connectivity index (χ3n) is 4.72. The zero-order valence-corrected chi connectivity index (χ0v) is 12.5. The van der Waals surface area contributed by atoms with Crippen molar-refractivity contribution in [1.29, 1.82) is 0 Å². The molecule has 0 amide bonds. The SMILES string of the molecule is CCc1nn(C)cc1CN1CCC(CC)(CO)CC1. The summed E-state index contributed by atoms with van der Waals surface area (Å²) in [6, 6.07) is 0. The highest BCUT2D eigenvalue weighted by Gasteiger charge is 2.32. The van der Waals surface area contributed by atoms with E-state index in [4.69, 9.17) is 0 Å². The number of nitrogens with zero attached hydrogens (tertiary/aromatic N) is 3. The van der Waals surface area contributed by atoms with Crippen molar-refractivity contribution < 1.29 is 5.11 Å². The Kier molecular flexibility index (Phi) is 4.63. The van der Waals surface area contributed by atoms with Crippen LogP contribution in [0, 0.1) is 5.41 Å². The van der Waals surface area contributed by atoms with Crippen molar-refractivity contribution in [3.8, 4) is 0 Å². The van der Waals surface area contributed by atoms with Crippen molar-refractivity contribution in [2.75, 3.05) is 19.7 Å². The van der Waals surface area contributed by atoms with Crippen molar-refractivity contribution in [1.82, 2.24) is 14.7 Å². The van der Waals surface area contributed by atoms with Crippen LogP contribution >= 0.6 is 0 Å². The molecule has 1 aliphatic heterocycles. The van der Waals surface area contributed by atoms with E-state index < -0.39 is 0 Å². The maximum absolute atomic E-state index is 9.57. The maximum atomic E-state index is 9.57. The van der Waals surface area contributed by atoms with Gasteiger partial charge in [-0.05, 0) is 44.2 Å². The molecular weight excluding hydrogens is 238 g/mol. The molecule has 4 heteroatoms. The van der Waals surface area contributed by atoms with Crippen LogP contribution in [0.5, 0.6) is 0 Å². The van der Waals surface area contributed by atoms with E-state index in [1.165, 1.54) is 11.3 Å². The third kappa shape index (κ3) is 3.18. The molecule has 1 aliphatic rings. The zero-order valence-electron chi connectivity index (χ0n) is 12.5. The molecule has 0 saturated carbocycles. The van der Waals surface area contributed by atoms with E-state index in [0.717, 1.165) is 45.3 Å². The van der Waals surface area contributed by atoms with Gasteiger partial charge in [-0.15, -0.1) is 0 Å². The Labute approximate surface area is 116 Å². The topological polar surface area (TPSA) is 41.3 Å². The van der Waals surface area contributed by atoms with E-state index in [1.54, 1.807) is 0 Å². The van der Waals surface area contributed by atoms with Crippen molar-refractivity contribution in [3.05, 3.63) is 17.5 Å². The van der Waals surface area contributed by atoms with Crippen molar-refractivity contribution in [3.63, 3.8) is 0 Å². The summed E-state index contributed by atoms with van der Waals surface area (Å²) in [4.78, 5) is 2.50. The molecule has 0 aliphatic carbocycles. The number of piperidine rings is 1. The highest BCUT2D eigenvalue weighted by molar-refractivity contribution is 5.17. The van der Waals surface area contributed by atoms with E-state index in [9.17, 15) is 5.11 Å². The van der Waals surface area contributed by atoms with Crippen LogP contribution in [0.2, 0.25) is 0 Å². The predicted octanol–water partition coefficient (Wildman–Crippen LogP) is 1.97. The summed E-state index contributed by atoms with van der Waals surface area (Å²) in [5.74, 6) is 0. The standard InChI is InChI=1S/C15H27N3O/c1-4-14-13(10-17(3)16-14)11-18-8-6-15(5-2,12-19)7-9-18/h10,19H,4-9,11-12H2,1-3H3. The summed E-state index contributed by atoms with van der Waals surface area (Å²) >= 11 is 0. The van der Waals surface area contributed by atoms with Crippen LogP contribution in [0.4, 0.5) is 0 Å². The van der Waals surface area contributed by atoms with Gasteiger partial charge < -0.3 is 5.11 Å². The second-order valence-corrected chi connectivity index (χ2v) is 5.92. The molecule has 0 unspecified atom stereocenters. The average Bonchev–Trinajstić information content (AvgIpc) is 2.80. The molecule has 1 aromatic rings. The van der Waals surface area contributed by atoms with Crippen LogP contribution in [0.25, 0.3) is 0 Å². The Morgan fingerprint density at radius 3 is 2.53 bits per heavy atom. The quantitative estimate of drug-likeness (QED) is 0.885. The number of aliphatic hydroxyl groups is 1. The van der Waals surface area contributed by atoms with Gasteiger partial charge in [0.1, 0.15) is 0 Å². The van der Waals surface area contributed by atoms with E-state index in [1.807, 2.05) is 11.7 Å². The fourth-order valence-corrected chi connectivity index (χ4v) is 3.06. The fraction of sp³-hybridized carbons (Fsp3) is 0.800. The van der Waals surface area contributed by atoms with Crippen molar-refractivity contribution in [2.45, 2.75) is 46.1 Å². The molecule has 0 aromatic carbocycles. The van der Waals surface area contributed by atoms with Gasteiger partial charge in [0.05, 0.1) is 5.69 Å². The van der Waals surface area contributed by atoms with Crippen LogP contribution in [0.3, 0.4) is 0 Å². The van der Waals surface area contributed by atoms with Crippen molar-refractivity contribution in [2.24, 2.45) is 12.5 Å². The van der Waals surface area contributed by atoms with Gasteiger partial charge in [-0.1, -0.05) is 13.8 Å². The third-order valence-corrected chi connectivity index (χ3v) is 4.72. The molecule has 1 N–H and O–H groups in total. The molecule has 4 nitrogen and oxygen atoms in total. The Morgan fingerprint density at radius 2 is 2.00 bits per heavy atom.